The maximum absolute atomic E-state index is 11.4. The minimum atomic E-state index is 0.00337. The highest BCUT2D eigenvalue weighted by Gasteiger charge is 2.23. The van der Waals surface area contributed by atoms with Crippen LogP contribution in [0, 0.1) is 0 Å². The van der Waals surface area contributed by atoms with Gasteiger partial charge in [0.1, 0.15) is 5.75 Å². The van der Waals surface area contributed by atoms with Crippen LogP contribution in [0.4, 0.5) is 0 Å². The summed E-state index contributed by atoms with van der Waals surface area (Å²) in [5.41, 5.74) is 7.61. The van der Waals surface area contributed by atoms with Gasteiger partial charge in [-0.25, -0.2) is 0 Å². The molecular weight excluding hydrogens is 458 g/mol. The number of amides is 1. The first kappa shape index (κ1) is 26.9. The van der Waals surface area contributed by atoms with E-state index >= 15 is 0 Å². The van der Waals surface area contributed by atoms with Crippen LogP contribution in [0.2, 0.25) is 0 Å². The standard InChI is InChI=1S/C33H41NO3/c1-4-25-9-8-12-28(21-25)33-22-32(14-13-27(33)19-20-34-24(3)35)37-31-17-15-30(16-18-31)36-23-29-11-7-6-10-26(29)5-2/h6-14,21-22,30-31H,4-5,15-20,23H2,1-3H3,(H,34,35). The summed E-state index contributed by atoms with van der Waals surface area (Å²) < 4.78 is 12.8. The zero-order chi connectivity index (χ0) is 26.0. The van der Waals surface area contributed by atoms with Crippen molar-refractivity contribution in [1.82, 2.24) is 5.32 Å². The Balaban J connectivity index is 1.38. The molecule has 3 aromatic rings. The summed E-state index contributed by atoms with van der Waals surface area (Å²) >= 11 is 0. The Morgan fingerprint density at radius 3 is 2.32 bits per heavy atom. The van der Waals surface area contributed by atoms with E-state index in [9.17, 15) is 4.79 Å². The highest BCUT2D eigenvalue weighted by atomic mass is 16.5. The van der Waals surface area contributed by atoms with Crippen LogP contribution in [0.1, 0.15) is 68.7 Å². The van der Waals surface area contributed by atoms with Crippen LogP contribution >= 0.6 is 0 Å². The van der Waals surface area contributed by atoms with Gasteiger partial charge in [-0.15, -0.1) is 0 Å². The number of benzene rings is 3. The van der Waals surface area contributed by atoms with E-state index in [1.54, 1.807) is 6.92 Å². The molecule has 4 rings (SSSR count). The number of ether oxygens (including phenoxy) is 2. The third kappa shape index (κ3) is 7.69. The lowest BCUT2D eigenvalue weighted by atomic mass is 9.94. The fourth-order valence-electron chi connectivity index (χ4n) is 5.21. The Hall–Kier alpha value is -3.11. The minimum absolute atomic E-state index is 0.00337. The molecule has 0 aliphatic heterocycles. The quantitative estimate of drug-likeness (QED) is 0.307. The Kier molecular flexibility index (Phi) is 9.78. The third-order valence-electron chi connectivity index (χ3n) is 7.39. The van der Waals surface area contributed by atoms with Crippen molar-refractivity contribution in [3.8, 4) is 16.9 Å². The molecule has 1 amide bonds. The zero-order valence-electron chi connectivity index (χ0n) is 22.6. The second-order valence-corrected chi connectivity index (χ2v) is 10.1. The number of carbonyl (C=O) groups excluding carboxylic acids is 1. The SMILES string of the molecule is CCc1cccc(-c2cc(OC3CCC(OCc4ccccc4CC)CC3)ccc2CCNC(C)=O)c1. The molecule has 0 aromatic heterocycles. The van der Waals surface area contributed by atoms with E-state index in [0.29, 0.717) is 19.3 Å². The van der Waals surface area contributed by atoms with Crippen LogP contribution < -0.4 is 10.1 Å². The van der Waals surface area contributed by atoms with Crippen molar-refractivity contribution in [3.05, 3.63) is 89.0 Å². The Bertz CT molecular complexity index is 1160. The molecule has 0 unspecified atom stereocenters. The van der Waals surface area contributed by atoms with Gasteiger partial charge in [-0.05, 0) is 90.5 Å². The van der Waals surface area contributed by atoms with Crippen molar-refractivity contribution in [2.45, 2.75) is 84.5 Å². The average Bonchev–Trinajstić information content (AvgIpc) is 2.93. The number of aryl methyl sites for hydroxylation is 2. The van der Waals surface area contributed by atoms with E-state index in [-0.39, 0.29) is 12.0 Å². The summed E-state index contributed by atoms with van der Waals surface area (Å²) in [5.74, 6) is 0.921. The molecule has 1 fully saturated rings. The predicted molar refractivity (Wildman–Crippen MR) is 151 cm³/mol. The second-order valence-electron chi connectivity index (χ2n) is 10.1. The maximum atomic E-state index is 11.4. The molecule has 1 aliphatic carbocycles. The summed E-state index contributed by atoms with van der Waals surface area (Å²) in [6, 6.07) is 23.7. The Labute approximate surface area is 222 Å². The molecule has 0 radical (unpaired) electrons. The maximum Gasteiger partial charge on any atom is 0.216 e. The zero-order valence-corrected chi connectivity index (χ0v) is 22.6. The van der Waals surface area contributed by atoms with Gasteiger partial charge in [-0.3, -0.25) is 4.79 Å². The van der Waals surface area contributed by atoms with Gasteiger partial charge in [0.2, 0.25) is 5.91 Å². The highest BCUT2D eigenvalue weighted by Crippen LogP contribution is 2.32. The van der Waals surface area contributed by atoms with E-state index in [1.165, 1.54) is 33.4 Å². The van der Waals surface area contributed by atoms with E-state index in [0.717, 1.165) is 50.7 Å². The monoisotopic (exact) mass is 499 g/mol. The van der Waals surface area contributed by atoms with Crippen LogP contribution in [0.5, 0.6) is 5.75 Å². The van der Waals surface area contributed by atoms with E-state index in [4.69, 9.17) is 9.47 Å². The van der Waals surface area contributed by atoms with Crippen LogP contribution in [0.25, 0.3) is 11.1 Å². The van der Waals surface area contributed by atoms with Gasteiger partial charge in [0.15, 0.2) is 0 Å². The highest BCUT2D eigenvalue weighted by molar-refractivity contribution is 5.73. The number of hydrogen-bond donors (Lipinski definition) is 1. The van der Waals surface area contributed by atoms with Gasteiger partial charge < -0.3 is 14.8 Å². The van der Waals surface area contributed by atoms with Gasteiger partial charge >= 0.3 is 0 Å². The van der Waals surface area contributed by atoms with E-state index in [2.05, 4.69) is 85.9 Å². The summed E-state index contributed by atoms with van der Waals surface area (Å²) in [7, 11) is 0. The fourth-order valence-corrected chi connectivity index (χ4v) is 5.21. The normalized spacial score (nSPS) is 17.4. The van der Waals surface area contributed by atoms with Gasteiger partial charge in [0.25, 0.3) is 0 Å². The van der Waals surface area contributed by atoms with E-state index in [1.807, 2.05) is 0 Å². The van der Waals surface area contributed by atoms with Crippen molar-refractivity contribution >= 4 is 5.91 Å². The number of nitrogens with one attached hydrogen (secondary N) is 1. The first-order valence-electron chi connectivity index (χ1n) is 13.9. The van der Waals surface area contributed by atoms with Crippen molar-refractivity contribution in [2.24, 2.45) is 0 Å². The summed E-state index contributed by atoms with van der Waals surface area (Å²) in [5, 5.41) is 2.92. The molecule has 4 heteroatoms. The minimum Gasteiger partial charge on any atom is -0.490 e. The Morgan fingerprint density at radius 1 is 0.838 bits per heavy atom. The first-order valence-corrected chi connectivity index (χ1v) is 13.9. The Morgan fingerprint density at radius 2 is 1.59 bits per heavy atom. The van der Waals surface area contributed by atoms with Gasteiger partial charge in [-0.1, -0.05) is 68.4 Å². The number of carbonyl (C=O) groups is 1. The predicted octanol–water partition coefficient (Wildman–Crippen LogP) is 7.06. The first-order chi connectivity index (χ1) is 18.1. The summed E-state index contributed by atoms with van der Waals surface area (Å²) in [6.07, 6.45) is 7.40. The molecule has 1 N–H and O–H groups in total. The molecule has 3 aromatic carbocycles. The summed E-state index contributed by atoms with van der Waals surface area (Å²) in [6.45, 7) is 7.26. The van der Waals surface area contributed by atoms with Crippen molar-refractivity contribution in [1.29, 1.82) is 0 Å². The largest absolute Gasteiger partial charge is 0.490 e. The van der Waals surface area contributed by atoms with Crippen LogP contribution in [0.3, 0.4) is 0 Å². The van der Waals surface area contributed by atoms with Gasteiger partial charge in [-0.2, -0.15) is 0 Å². The van der Waals surface area contributed by atoms with Crippen molar-refractivity contribution in [3.63, 3.8) is 0 Å². The second kappa shape index (κ2) is 13.4. The van der Waals surface area contributed by atoms with Gasteiger partial charge in [0.05, 0.1) is 18.8 Å². The molecule has 0 spiro atoms. The number of rotatable bonds is 11. The third-order valence-corrected chi connectivity index (χ3v) is 7.39. The summed E-state index contributed by atoms with van der Waals surface area (Å²) in [4.78, 5) is 11.4. The molecule has 1 saturated carbocycles. The molecule has 4 nitrogen and oxygen atoms in total. The van der Waals surface area contributed by atoms with Crippen molar-refractivity contribution < 1.29 is 14.3 Å². The van der Waals surface area contributed by atoms with Crippen LogP contribution in [0.15, 0.2) is 66.7 Å². The number of hydrogen-bond acceptors (Lipinski definition) is 3. The topological polar surface area (TPSA) is 47.6 Å². The molecule has 0 heterocycles. The molecule has 0 bridgehead atoms. The molecule has 196 valence electrons. The molecule has 0 saturated heterocycles. The smallest absolute Gasteiger partial charge is 0.216 e. The van der Waals surface area contributed by atoms with Crippen molar-refractivity contribution in [2.75, 3.05) is 6.54 Å². The lowest BCUT2D eigenvalue weighted by molar-refractivity contribution is -0.118. The molecule has 37 heavy (non-hydrogen) atoms. The van der Waals surface area contributed by atoms with E-state index < -0.39 is 0 Å². The average molecular weight is 500 g/mol. The lowest BCUT2D eigenvalue weighted by Crippen LogP contribution is -2.28. The lowest BCUT2D eigenvalue weighted by Gasteiger charge is -2.29. The van der Waals surface area contributed by atoms with Crippen LogP contribution in [-0.4, -0.2) is 24.7 Å². The molecular formula is C33H41NO3. The van der Waals surface area contributed by atoms with Crippen LogP contribution in [-0.2, 0) is 35.4 Å². The van der Waals surface area contributed by atoms with Gasteiger partial charge in [0, 0.05) is 13.5 Å². The molecule has 0 atom stereocenters. The fraction of sp³-hybridized carbons (Fsp3) is 0.424. The molecule has 1 aliphatic rings.